The maximum atomic E-state index is 13.3. The van der Waals surface area contributed by atoms with E-state index in [1.54, 1.807) is 12.4 Å². The fraction of sp³-hybridized carbons (Fsp3) is 0.500. The van der Waals surface area contributed by atoms with Crippen LogP contribution in [0, 0.1) is 0 Å². The third-order valence-electron chi connectivity index (χ3n) is 6.16. The van der Waals surface area contributed by atoms with Crippen LogP contribution in [0.15, 0.2) is 30.6 Å². The molecule has 1 aromatic carbocycles. The van der Waals surface area contributed by atoms with E-state index in [4.69, 9.17) is 0 Å². The first-order valence-electron chi connectivity index (χ1n) is 9.44. The molecule has 7 nitrogen and oxygen atoms in total. The molecule has 0 saturated carbocycles. The average Bonchev–Trinajstić information content (AvgIpc) is 2.84. The summed E-state index contributed by atoms with van der Waals surface area (Å²) in [5, 5.41) is 0. The Hall–Kier alpha value is -2.54. The van der Waals surface area contributed by atoms with Crippen LogP contribution >= 0.6 is 0 Å². The van der Waals surface area contributed by atoms with Crippen LogP contribution < -0.4 is 0 Å². The third kappa shape index (κ3) is 3.16. The van der Waals surface area contributed by atoms with Gasteiger partial charge in [0.25, 0.3) is 5.91 Å². The summed E-state index contributed by atoms with van der Waals surface area (Å²) < 4.78 is 0. The lowest BCUT2D eigenvalue weighted by Gasteiger charge is -2.49. The molecule has 1 aromatic heterocycles. The molecular weight excluding hydrogens is 342 g/mol. The first-order chi connectivity index (χ1) is 13.0. The van der Waals surface area contributed by atoms with Gasteiger partial charge in [-0.3, -0.25) is 24.5 Å². The van der Waals surface area contributed by atoms with E-state index in [1.165, 1.54) is 0 Å². The predicted octanol–water partition coefficient (Wildman–Crippen LogP) is 1.40. The number of nitrogens with zero attached hydrogens (tertiary/aromatic N) is 5. The maximum absolute atomic E-state index is 13.3. The topological polar surface area (TPSA) is 69.6 Å². The van der Waals surface area contributed by atoms with Gasteiger partial charge in [0.05, 0.1) is 11.1 Å². The van der Waals surface area contributed by atoms with E-state index in [9.17, 15) is 9.59 Å². The highest BCUT2D eigenvalue weighted by molar-refractivity contribution is 6.04. The van der Waals surface area contributed by atoms with Gasteiger partial charge in [-0.2, -0.15) is 0 Å². The van der Waals surface area contributed by atoms with E-state index in [1.807, 2.05) is 35.0 Å². The van der Waals surface area contributed by atoms with Crippen LogP contribution in [0.2, 0.25) is 0 Å². The molecule has 0 radical (unpaired) electrons. The summed E-state index contributed by atoms with van der Waals surface area (Å²) in [6, 6.07) is 5.56. The summed E-state index contributed by atoms with van der Waals surface area (Å²) in [4.78, 5) is 40.2. The lowest BCUT2D eigenvalue weighted by Crippen LogP contribution is -2.62. The van der Waals surface area contributed by atoms with Crippen molar-refractivity contribution in [1.82, 2.24) is 24.7 Å². The summed E-state index contributed by atoms with van der Waals surface area (Å²) in [5.74, 6) is 0.186. The van der Waals surface area contributed by atoms with Crippen molar-refractivity contribution in [2.45, 2.75) is 24.8 Å². The predicted molar refractivity (Wildman–Crippen MR) is 102 cm³/mol. The van der Waals surface area contributed by atoms with Gasteiger partial charge in [-0.15, -0.1) is 0 Å². The zero-order valence-electron chi connectivity index (χ0n) is 15.9. The molecule has 0 aliphatic carbocycles. The van der Waals surface area contributed by atoms with Crippen LogP contribution in [-0.2, 0) is 4.79 Å². The van der Waals surface area contributed by atoms with Crippen LogP contribution in [0.5, 0.6) is 0 Å². The number of hydrogen-bond acceptors (Lipinski definition) is 5. The zero-order valence-corrected chi connectivity index (χ0v) is 15.9. The van der Waals surface area contributed by atoms with Crippen LogP contribution in [0.4, 0.5) is 0 Å². The number of hydrogen-bond donors (Lipinski definition) is 0. The number of likely N-dealkylation sites (N-methyl/N-ethyl adjacent to an activating group) is 1. The van der Waals surface area contributed by atoms with Crippen molar-refractivity contribution in [3.05, 3.63) is 36.2 Å². The summed E-state index contributed by atoms with van der Waals surface area (Å²) in [6.07, 6.45) is 5.46. The molecule has 2 aliphatic heterocycles. The highest BCUT2D eigenvalue weighted by Crippen LogP contribution is 2.32. The molecular formula is C20H25N5O2. The minimum atomic E-state index is -0.148. The second kappa shape index (κ2) is 6.88. The zero-order chi connectivity index (χ0) is 19.0. The number of carbonyl (C=O) groups is 2. The number of fused-ring (bicyclic) bond motifs is 1. The minimum Gasteiger partial charge on any atom is -0.346 e. The molecule has 7 heteroatoms. The molecule has 1 spiro atoms. The van der Waals surface area contributed by atoms with Crippen molar-refractivity contribution in [3.63, 3.8) is 0 Å². The summed E-state index contributed by atoms with van der Waals surface area (Å²) in [5.41, 5.74) is 1.83. The molecule has 1 atom stereocenters. The first-order valence-corrected chi connectivity index (χ1v) is 9.44. The van der Waals surface area contributed by atoms with Gasteiger partial charge in [0.2, 0.25) is 5.91 Å². The van der Waals surface area contributed by atoms with Gasteiger partial charge < -0.3 is 9.80 Å². The molecule has 0 bridgehead atoms. The van der Waals surface area contributed by atoms with Crippen LogP contribution in [-0.4, -0.2) is 82.3 Å². The Morgan fingerprint density at radius 2 is 1.89 bits per heavy atom. The van der Waals surface area contributed by atoms with Gasteiger partial charge in [-0.05, 0) is 32.0 Å². The van der Waals surface area contributed by atoms with E-state index in [0.29, 0.717) is 30.6 Å². The average molecular weight is 367 g/mol. The van der Waals surface area contributed by atoms with Crippen molar-refractivity contribution in [3.8, 4) is 0 Å². The monoisotopic (exact) mass is 367 g/mol. The van der Waals surface area contributed by atoms with Gasteiger partial charge in [0.1, 0.15) is 5.52 Å². The van der Waals surface area contributed by atoms with Gasteiger partial charge in [-0.1, -0.05) is 6.07 Å². The molecule has 2 aliphatic rings. The number of rotatable bonds is 1. The number of piperazine rings is 1. The molecule has 2 fully saturated rings. The third-order valence-corrected chi connectivity index (χ3v) is 6.16. The van der Waals surface area contributed by atoms with E-state index >= 15 is 0 Å². The molecule has 0 unspecified atom stereocenters. The molecule has 3 heterocycles. The quantitative estimate of drug-likeness (QED) is 0.762. The standard InChI is InChI=1S/C20H25N5O2/c1-23-11-8-20(7-6-17(23)26)14-25(13-12-24(20)2)19(27)15-4-3-5-16-18(15)22-10-9-21-16/h3-5,9-10H,6-8,11-14H2,1-2H3/t20-/m1/s1. The van der Waals surface area contributed by atoms with Crippen LogP contribution in [0.3, 0.4) is 0 Å². The second-order valence-corrected chi connectivity index (χ2v) is 7.67. The number of aromatic nitrogens is 2. The Balaban J connectivity index is 1.62. The molecule has 142 valence electrons. The highest BCUT2D eigenvalue weighted by atomic mass is 16.2. The van der Waals surface area contributed by atoms with E-state index < -0.39 is 0 Å². The summed E-state index contributed by atoms with van der Waals surface area (Å²) in [7, 11) is 3.98. The smallest absolute Gasteiger partial charge is 0.256 e. The first kappa shape index (κ1) is 17.9. The summed E-state index contributed by atoms with van der Waals surface area (Å²) >= 11 is 0. The molecule has 2 aromatic rings. The molecule has 2 amide bonds. The van der Waals surface area contributed by atoms with Gasteiger partial charge in [0.15, 0.2) is 0 Å². The van der Waals surface area contributed by atoms with Gasteiger partial charge in [-0.25, -0.2) is 0 Å². The Labute approximate surface area is 159 Å². The lowest BCUT2D eigenvalue weighted by molar-refractivity contribution is -0.129. The van der Waals surface area contributed by atoms with Crippen molar-refractivity contribution in [1.29, 1.82) is 0 Å². The van der Waals surface area contributed by atoms with Crippen molar-refractivity contribution in [2.75, 3.05) is 40.3 Å². The van der Waals surface area contributed by atoms with Crippen molar-refractivity contribution >= 4 is 22.8 Å². The fourth-order valence-electron chi connectivity index (χ4n) is 4.27. The SMILES string of the molecule is CN1CC[C@]2(CCC1=O)CN(C(=O)c1cccc3nccnc13)CCN2C. The number of benzene rings is 1. The molecule has 4 rings (SSSR count). The molecule has 27 heavy (non-hydrogen) atoms. The normalized spacial score (nSPS) is 24.4. The van der Waals surface area contributed by atoms with Crippen molar-refractivity contribution in [2.24, 2.45) is 0 Å². The van der Waals surface area contributed by atoms with E-state index in [0.717, 1.165) is 31.4 Å². The number of likely N-dealkylation sites (tertiary alicyclic amines) is 1. The van der Waals surface area contributed by atoms with Crippen molar-refractivity contribution < 1.29 is 9.59 Å². The maximum Gasteiger partial charge on any atom is 0.256 e. The van der Waals surface area contributed by atoms with E-state index in [2.05, 4.69) is 21.9 Å². The van der Waals surface area contributed by atoms with Crippen LogP contribution in [0.1, 0.15) is 29.6 Å². The Morgan fingerprint density at radius 1 is 1.07 bits per heavy atom. The van der Waals surface area contributed by atoms with Crippen LogP contribution in [0.25, 0.3) is 11.0 Å². The minimum absolute atomic E-state index is 0.00231. The summed E-state index contributed by atoms with van der Waals surface area (Å²) in [6.45, 7) is 2.85. The lowest BCUT2D eigenvalue weighted by atomic mass is 9.86. The fourth-order valence-corrected chi connectivity index (χ4v) is 4.27. The Kier molecular flexibility index (Phi) is 4.55. The van der Waals surface area contributed by atoms with Gasteiger partial charge >= 0.3 is 0 Å². The Bertz CT molecular complexity index is 880. The molecule has 0 N–H and O–H groups in total. The number of amides is 2. The Morgan fingerprint density at radius 3 is 2.74 bits per heavy atom. The molecule has 2 saturated heterocycles. The largest absolute Gasteiger partial charge is 0.346 e. The second-order valence-electron chi connectivity index (χ2n) is 7.67. The number of carbonyl (C=O) groups excluding carboxylic acids is 2. The highest BCUT2D eigenvalue weighted by Gasteiger charge is 2.43. The number of para-hydroxylation sites is 1. The van der Waals surface area contributed by atoms with Gasteiger partial charge in [0, 0.05) is 57.6 Å². The van der Waals surface area contributed by atoms with E-state index in [-0.39, 0.29) is 17.4 Å².